The zero-order valence-corrected chi connectivity index (χ0v) is 9.90. The highest BCUT2D eigenvalue weighted by molar-refractivity contribution is 5.89. The van der Waals surface area contributed by atoms with Gasteiger partial charge in [0, 0.05) is 36.2 Å². The molecule has 17 heavy (non-hydrogen) atoms. The average Bonchev–Trinajstić information content (AvgIpc) is 2.86. The minimum absolute atomic E-state index is 0.382. The summed E-state index contributed by atoms with van der Waals surface area (Å²) in [5.41, 5.74) is 3.20. The van der Waals surface area contributed by atoms with Gasteiger partial charge in [-0.2, -0.15) is 0 Å². The number of nitrogens with one attached hydrogen (secondary N) is 1. The molecule has 0 aliphatic carbocycles. The van der Waals surface area contributed by atoms with Crippen LogP contribution in [0.2, 0.25) is 0 Å². The molecule has 2 aromatic rings. The third-order valence-electron chi connectivity index (χ3n) is 2.96. The van der Waals surface area contributed by atoms with Crippen LogP contribution in [0.5, 0.6) is 0 Å². The summed E-state index contributed by atoms with van der Waals surface area (Å²) in [6, 6.07) is 1.71. The number of hydrogen-bond donors (Lipinski definition) is 2. The van der Waals surface area contributed by atoms with Gasteiger partial charge in [-0.25, -0.2) is 9.78 Å². The van der Waals surface area contributed by atoms with E-state index < -0.39 is 5.97 Å². The molecule has 0 spiro atoms. The number of hydrogen-bond acceptors (Lipinski definition) is 2. The summed E-state index contributed by atoms with van der Waals surface area (Å²) in [7, 11) is 0. The number of aromatic amines is 1. The number of aryl methyl sites for hydroxylation is 2. The quantitative estimate of drug-likeness (QED) is 0.845. The Labute approximate surface area is 99.1 Å². The van der Waals surface area contributed by atoms with E-state index in [4.69, 9.17) is 5.11 Å². The molecule has 0 unspecified atom stereocenters. The highest BCUT2D eigenvalue weighted by Crippen LogP contribution is 2.15. The van der Waals surface area contributed by atoms with Gasteiger partial charge in [-0.3, -0.25) is 0 Å². The van der Waals surface area contributed by atoms with E-state index in [2.05, 4.69) is 9.97 Å². The molecule has 0 aliphatic rings. The fourth-order valence-corrected chi connectivity index (χ4v) is 2.02. The smallest absolute Gasteiger partial charge is 0.337 e. The number of imidazole rings is 1. The Bertz CT molecular complexity index is 526. The molecule has 0 atom stereocenters. The van der Waals surface area contributed by atoms with Gasteiger partial charge in [0.15, 0.2) is 0 Å². The maximum absolute atomic E-state index is 11.0. The molecular weight excluding hydrogens is 218 g/mol. The van der Waals surface area contributed by atoms with Crippen LogP contribution in [0.3, 0.4) is 0 Å². The topological polar surface area (TPSA) is 70.9 Å². The van der Waals surface area contributed by atoms with E-state index in [9.17, 15) is 4.79 Å². The normalized spacial score (nSPS) is 10.7. The van der Waals surface area contributed by atoms with Crippen LogP contribution in [0.4, 0.5) is 0 Å². The summed E-state index contributed by atoms with van der Waals surface area (Å²) in [6.45, 7) is 4.52. The van der Waals surface area contributed by atoms with E-state index in [1.165, 1.54) is 0 Å². The SMILES string of the molecule is Cc1cc(C(=O)O)c(C)n1CCc1cnc[nH]1. The molecule has 0 bridgehead atoms. The number of H-pyrrole nitrogens is 1. The lowest BCUT2D eigenvalue weighted by Gasteiger charge is -2.08. The van der Waals surface area contributed by atoms with E-state index in [0.29, 0.717) is 5.56 Å². The van der Waals surface area contributed by atoms with Gasteiger partial charge < -0.3 is 14.7 Å². The molecule has 2 heterocycles. The Kier molecular flexibility index (Phi) is 2.99. The molecule has 0 amide bonds. The van der Waals surface area contributed by atoms with Crippen molar-refractivity contribution < 1.29 is 9.90 Å². The number of carboxylic acid groups (broad SMARTS) is 1. The van der Waals surface area contributed by atoms with Crippen molar-refractivity contribution in [2.75, 3.05) is 0 Å². The second-order valence-electron chi connectivity index (χ2n) is 4.07. The van der Waals surface area contributed by atoms with Gasteiger partial charge in [0.25, 0.3) is 0 Å². The maximum atomic E-state index is 11.0. The standard InChI is InChI=1S/C12H15N3O2/c1-8-5-11(12(16)17)9(2)15(8)4-3-10-6-13-7-14-10/h5-7H,3-4H2,1-2H3,(H,13,14)(H,16,17). The van der Waals surface area contributed by atoms with Crippen molar-refractivity contribution >= 4 is 5.97 Å². The highest BCUT2D eigenvalue weighted by Gasteiger charge is 2.14. The zero-order chi connectivity index (χ0) is 12.4. The molecule has 0 aliphatic heterocycles. The minimum atomic E-state index is -0.870. The van der Waals surface area contributed by atoms with Gasteiger partial charge in [-0.05, 0) is 19.9 Å². The maximum Gasteiger partial charge on any atom is 0.337 e. The first-order valence-corrected chi connectivity index (χ1v) is 5.47. The lowest BCUT2D eigenvalue weighted by molar-refractivity contribution is 0.0696. The molecule has 2 rings (SSSR count). The van der Waals surface area contributed by atoms with Gasteiger partial charge in [0.1, 0.15) is 0 Å². The van der Waals surface area contributed by atoms with Crippen LogP contribution in [-0.4, -0.2) is 25.6 Å². The number of rotatable bonds is 4. The second kappa shape index (κ2) is 4.45. The summed E-state index contributed by atoms with van der Waals surface area (Å²) in [5.74, 6) is -0.870. The third kappa shape index (κ3) is 2.22. The first-order valence-electron chi connectivity index (χ1n) is 5.47. The molecule has 0 fully saturated rings. The summed E-state index contributed by atoms with van der Waals surface area (Å²) >= 11 is 0. The predicted molar refractivity (Wildman–Crippen MR) is 63.2 cm³/mol. The first-order chi connectivity index (χ1) is 8.09. The van der Waals surface area contributed by atoms with E-state index in [1.54, 1.807) is 18.6 Å². The van der Waals surface area contributed by atoms with E-state index in [-0.39, 0.29) is 0 Å². The third-order valence-corrected chi connectivity index (χ3v) is 2.96. The van der Waals surface area contributed by atoms with E-state index >= 15 is 0 Å². The Morgan fingerprint density at radius 1 is 1.53 bits per heavy atom. The van der Waals surface area contributed by atoms with Crippen LogP contribution in [-0.2, 0) is 13.0 Å². The Morgan fingerprint density at radius 2 is 2.29 bits per heavy atom. The van der Waals surface area contributed by atoms with Crippen LogP contribution in [0.1, 0.15) is 27.4 Å². The lowest BCUT2D eigenvalue weighted by Crippen LogP contribution is -2.07. The predicted octanol–water partition coefficient (Wildman–Crippen LogP) is 1.77. The number of aromatic carboxylic acids is 1. The van der Waals surface area contributed by atoms with Gasteiger partial charge in [-0.1, -0.05) is 0 Å². The number of aromatic nitrogens is 3. The van der Waals surface area contributed by atoms with Crippen molar-refractivity contribution in [3.8, 4) is 0 Å². The van der Waals surface area contributed by atoms with Crippen molar-refractivity contribution in [2.45, 2.75) is 26.8 Å². The molecule has 2 N–H and O–H groups in total. The molecule has 5 heteroatoms. The Morgan fingerprint density at radius 3 is 2.82 bits per heavy atom. The molecule has 0 aromatic carbocycles. The van der Waals surface area contributed by atoms with Crippen LogP contribution >= 0.6 is 0 Å². The van der Waals surface area contributed by atoms with Gasteiger partial charge >= 0.3 is 5.97 Å². The molecule has 0 saturated heterocycles. The van der Waals surface area contributed by atoms with Gasteiger partial charge in [0.05, 0.1) is 11.9 Å². The van der Waals surface area contributed by atoms with Crippen molar-refractivity contribution in [3.05, 3.63) is 41.2 Å². The van der Waals surface area contributed by atoms with E-state index in [0.717, 1.165) is 30.0 Å². The largest absolute Gasteiger partial charge is 0.478 e. The minimum Gasteiger partial charge on any atom is -0.478 e. The fourth-order valence-electron chi connectivity index (χ4n) is 2.02. The lowest BCUT2D eigenvalue weighted by atomic mass is 10.2. The van der Waals surface area contributed by atoms with Gasteiger partial charge in [-0.15, -0.1) is 0 Å². The molecule has 2 aromatic heterocycles. The monoisotopic (exact) mass is 233 g/mol. The van der Waals surface area contributed by atoms with Crippen LogP contribution in [0, 0.1) is 13.8 Å². The Hall–Kier alpha value is -2.04. The highest BCUT2D eigenvalue weighted by atomic mass is 16.4. The fraction of sp³-hybridized carbons (Fsp3) is 0.333. The van der Waals surface area contributed by atoms with Crippen molar-refractivity contribution in [1.82, 2.24) is 14.5 Å². The zero-order valence-electron chi connectivity index (χ0n) is 9.90. The molecular formula is C12H15N3O2. The van der Waals surface area contributed by atoms with Crippen LogP contribution < -0.4 is 0 Å². The number of nitrogens with zero attached hydrogens (tertiary/aromatic N) is 2. The molecule has 90 valence electrons. The number of carbonyl (C=O) groups is 1. The van der Waals surface area contributed by atoms with Gasteiger partial charge in [0.2, 0.25) is 0 Å². The van der Waals surface area contributed by atoms with E-state index in [1.807, 2.05) is 18.4 Å². The van der Waals surface area contributed by atoms with Crippen molar-refractivity contribution in [2.24, 2.45) is 0 Å². The summed E-state index contributed by atoms with van der Waals surface area (Å²) < 4.78 is 2.02. The summed E-state index contributed by atoms with van der Waals surface area (Å²) in [5, 5.41) is 9.03. The molecule has 5 nitrogen and oxygen atoms in total. The summed E-state index contributed by atoms with van der Waals surface area (Å²) in [4.78, 5) is 18.0. The summed E-state index contributed by atoms with van der Waals surface area (Å²) in [6.07, 6.45) is 4.25. The second-order valence-corrected chi connectivity index (χ2v) is 4.07. The first kappa shape index (κ1) is 11.4. The Balaban J connectivity index is 2.18. The molecule has 0 saturated carbocycles. The van der Waals surface area contributed by atoms with Crippen molar-refractivity contribution in [1.29, 1.82) is 0 Å². The molecule has 0 radical (unpaired) electrons. The average molecular weight is 233 g/mol. The van der Waals surface area contributed by atoms with Crippen LogP contribution in [0.15, 0.2) is 18.6 Å². The van der Waals surface area contributed by atoms with Crippen molar-refractivity contribution in [3.63, 3.8) is 0 Å². The number of carboxylic acids is 1. The van der Waals surface area contributed by atoms with Crippen LogP contribution in [0.25, 0.3) is 0 Å².